The quantitative estimate of drug-likeness (QED) is 0.847. The zero-order valence-corrected chi connectivity index (χ0v) is 12.2. The molecule has 0 fully saturated rings. The van der Waals surface area contributed by atoms with E-state index in [0.717, 1.165) is 18.6 Å². The van der Waals surface area contributed by atoms with Crippen LogP contribution in [0.2, 0.25) is 0 Å². The number of amides is 1. The van der Waals surface area contributed by atoms with E-state index in [2.05, 4.69) is 5.32 Å². The summed E-state index contributed by atoms with van der Waals surface area (Å²) in [6.45, 7) is 4.15. The van der Waals surface area contributed by atoms with E-state index in [9.17, 15) is 18.0 Å². The molecule has 1 aromatic carbocycles. The number of carbonyl (C=O) groups is 1. The van der Waals surface area contributed by atoms with Gasteiger partial charge in [0.2, 0.25) is 5.91 Å². The molecule has 0 aromatic heterocycles. The molecule has 0 aliphatic carbocycles. The molecule has 0 saturated heterocycles. The number of benzene rings is 1. The van der Waals surface area contributed by atoms with Crippen LogP contribution < -0.4 is 11.1 Å². The predicted octanol–water partition coefficient (Wildman–Crippen LogP) is 3.26. The van der Waals surface area contributed by atoms with Gasteiger partial charge in [0.25, 0.3) is 0 Å². The van der Waals surface area contributed by atoms with Crippen LogP contribution in [-0.2, 0) is 11.0 Å². The molecular formula is C15H21F3N2O. The third-order valence-corrected chi connectivity index (χ3v) is 3.50. The fraction of sp³-hybridized carbons (Fsp3) is 0.533. The second kappa shape index (κ2) is 7.45. The highest BCUT2D eigenvalue weighted by atomic mass is 19.4. The fourth-order valence-corrected chi connectivity index (χ4v) is 2.00. The molecule has 0 aliphatic heterocycles. The zero-order valence-electron chi connectivity index (χ0n) is 12.2. The molecule has 2 atom stereocenters. The van der Waals surface area contributed by atoms with E-state index < -0.39 is 11.7 Å². The number of nitrogens with one attached hydrogen (secondary N) is 1. The van der Waals surface area contributed by atoms with Crippen LogP contribution in [0.25, 0.3) is 0 Å². The number of alkyl halides is 3. The minimum Gasteiger partial charge on any atom is -0.350 e. The van der Waals surface area contributed by atoms with Gasteiger partial charge in [-0.15, -0.1) is 0 Å². The van der Waals surface area contributed by atoms with Gasteiger partial charge in [0.05, 0.1) is 11.6 Å². The number of carbonyl (C=O) groups excluding carboxylic acids is 1. The van der Waals surface area contributed by atoms with Gasteiger partial charge in [-0.25, -0.2) is 0 Å². The number of rotatable bonds is 6. The fourth-order valence-electron chi connectivity index (χ4n) is 2.00. The Morgan fingerprint density at radius 2 is 1.86 bits per heavy atom. The first-order valence-corrected chi connectivity index (χ1v) is 6.94. The third kappa shape index (κ3) is 5.38. The summed E-state index contributed by atoms with van der Waals surface area (Å²) in [4.78, 5) is 11.8. The Bertz CT molecular complexity index is 453. The summed E-state index contributed by atoms with van der Waals surface area (Å²) in [5.74, 6) is -0.00972. The molecule has 0 spiro atoms. The number of hydrogen-bond acceptors (Lipinski definition) is 2. The van der Waals surface area contributed by atoms with Crippen LogP contribution in [0, 0.1) is 5.92 Å². The summed E-state index contributed by atoms with van der Waals surface area (Å²) < 4.78 is 37.4. The smallest absolute Gasteiger partial charge is 0.350 e. The summed E-state index contributed by atoms with van der Waals surface area (Å²) in [7, 11) is 0. The van der Waals surface area contributed by atoms with Crippen LogP contribution >= 0.6 is 0 Å². The van der Waals surface area contributed by atoms with Crippen molar-refractivity contribution < 1.29 is 18.0 Å². The molecule has 3 N–H and O–H groups in total. The van der Waals surface area contributed by atoms with Gasteiger partial charge in [-0.3, -0.25) is 4.79 Å². The summed E-state index contributed by atoms with van der Waals surface area (Å²) in [5, 5.41) is 2.78. The Morgan fingerprint density at radius 3 is 2.29 bits per heavy atom. The minimum atomic E-state index is -4.35. The molecule has 2 unspecified atom stereocenters. The van der Waals surface area contributed by atoms with E-state index in [-0.39, 0.29) is 17.9 Å². The second-order valence-corrected chi connectivity index (χ2v) is 5.12. The maximum atomic E-state index is 12.5. The van der Waals surface area contributed by atoms with Crippen molar-refractivity contribution in [3.63, 3.8) is 0 Å². The monoisotopic (exact) mass is 302 g/mol. The molecule has 1 aromatic rings. The van der Waals surface area contributed by atoms with Crippen molar-refractivity contribution >= 4 is 5.91 Å². The Balaban J connectivity index is 2.63. The number of halogens is 3. The SMILES string of the molecule is CCC(CN)CC(=O)NC(C)c1ccc(C(F)(F)F)cc1. The van der Waals surface area contributed by atoms with E-state index in [4.69, 9.17) is 5.73 Å². The van der Waals surface area contributed by atoms with Crippen LogP contribution in [0.5, 0.6) is 0 Å². The summed E-state index contributed by atoms with van der Waals surface area (Å²) in [6, 6.07) is 4.47. The largest absolute Gasteiger partial charge is 0.416 e. The molecule has 0 heterocycles. The van der Waals surface area contributed by atoms with Crippen molar-refractivity contribution in [2.45, 2.75) is 38.9 Å². The molecule has 21 heavy (non-hydrogen) atoms. The molecule has 0 aliphatic rings. The van der Waals surface area contributed by atoms with Gasteiger partial charge in [0.15, 0.2) is 0 Å². The molecule has 3 nitrogen and oxygen atoms in total. The molecule has 6 heteroatoms. The zero-order chi connectivity index (χ0) is 16.0. The topological polar surface area (TPSA) is 55.1 Å². The summed E-state index contributed by atoms with van der Waals surface area (Å²) in [5.41, 5.74) is 5.49. The average Bonchev–Trinajstić information content (AvgIpc) is 2.43. The van der Waals surface area contributed by atoms with Crippen LogP contribution in [0.4, 0.5) is 13.2 Å². The van der Waals surface area contributed by atoms with E-state index in [1.807, 2.05) is 6.92 Å². The number of hydrogen-bond donors (Lipinski definition) is 2. The Labute approximate surface area is 122 Å². The maximum Gasteiger partial charge on any atom is 0.416 e. The van der Waals surface area contributed by atoms with Crippen molar-refractivity contribution in [2.75, 3.05) is 6.54 Å². The lowest BCUT2D eigenvalue weighted by atomic mass is 10.0. The van der Waals surface area contributed by atoms with Gasteiger partial charge in [0.1, 0.15) is 0 Å². The molecule has 0 saturated carbocycles. The van der Waals surface area contributed by atoms with Crippen LogP contribution in [0.1, 0.15) is 43.9 Å². The normalized spacial score (nSPS) is 14.6. The van der Waals surface area contributed by atoms with Crippen LogP contribution in [-0.4, -0.2) is 12.5 Å². The molecule has 118 valence electrons. The van der Waals surface area contributed by atoms with E-state index in [0.29, 0.717) is 18.5 Å². The lowest BCUT2D eigenvalue weighted by molar-refractivity contribution is -0.137. The van der Waals surface area contributed by atoms with Crippen LogP contribution in [0.15, 0.2) is 24.3 Å². The van der Waals surface area contributed by atoms with Crippen molar-refractivity contribution in [2.24, 2.45) is 11.7 Å². The Kier molecular flexibility index (Phi) is 6.20. The highest BCUT2D eigenvalue weighted by Gasteiger charge is 2.30. The lowest BCUT2D eigenvalue weighted by Gasteiger charge is -2.17. The van der Waals surface area contributed by atoms with E-state index >= 15 is 0 Å². The van der Waals surface area contributed by atoms with Gasteiger partial charge < -0.3 is 11.1 Å². The van der Waals surface area contributed by atoms with Gasteiger partial charge in [-0.1, -0.05) is 25.5 Å². The second-order valence-electron chi connectivity index (χ2n) is 5.12. The first-order chi connectivity index (χ1) is 9.77. The third-order valence-electron chi connectivity index (χ3n) is 3.50. The summed E-state index contributed by atoms with van der Waals surface area (Å²) >= 11 is 0. The van der Waals surface area contributed by atoms with Gasteiger partial charge >= 0.3 is 6.18 Å². The van der Waals surface area contributed by atoms with Gasteiger partial charge in [-0.2, -0.15) is 13.2 Å². The van der Waals surface area contributed by atoms with Gasteiger partial charge in [-0.05, 0) is 37.1 Å². The highest BCUT2D eigenvalue weighted by Crippen LogP contribution is 2.29. The van der Waals surface area contributed by atoms with Crippen LogP contribution in [0.3, 0.4) is 0 Å². The Morgan fingerprint density at radius 1 is 1.29 bits per heavy atom. The lowest BCUT2D eigenvalue weighted by Crippen LogP contribution is -2.30. The average molecular weight is 302 g/mol. The molecule has 1 amide bonds. The number of nitrogens with two attached hydrogens (primary N) is 1. The minimum absolute atomic E-state index is 0.129. The first kappa shape index (κ1) is 17.5. The molecule has 0 bridgehead atoms. The standard InChI is InChI=1S/C15H21F3N2O/c1-3-11(9-19)8-14(21)20-10(2)12-4-6-13(7-5-12)15(16,17)18/h4-7,10-11H,3,8-9,19H2,1-2H3,(H,20,21). The van der Waals surface area contributed by atoms with E-state index in [1.165, 1.54) is 12.1 Å². The summed E-state index contributed by atoms with van der Waals surface area (Å²) in [6.07, 6.45) is -3.20. The van der Waals surface area contributed by atoms with Gasteiger partial charge in [0, 0.05) is 6.42 Å². The predicted molar refractivity (Wildman–Crippen MR) is 75.5 cm³/mol. The van der Waals surface area contributed by atoms with E-state index in [1.54, 1.807) is 6.92 Å². The van der Waals surface area contributed by atoms with Crippen molar-refractivity contribution in [3.05, 3.63) is 35.4 Å². The van der Waals surface area contributed by atoms with Crippen molar-refractivity contribution in [1.82, 2.24) is 5.32 Å². The first-order valence-electron chi connectivity index (χ1n) is 6.94. The van der Waals surface area contributed by atoms with Crippen molar-refractivity contribution in [1.29, 1.82) is 0 Å². The maximum absolute atomic E-state index is 12.5. The van der Waals surface area contributed by atoms with Crippen molar-refractivity contribution in [3.8, 4) is 0 Å². The Hall–Kier alpha value is -1.56. The molecule has 0 radical (unpaired) electrons. The molecular weight excluding hydrogens is 281 g/mol. The highest BCUT2D eigenvalue weighted by molar-refractivity contribution is 5.76. The molecule has 1 rings (SSSR count).